The van der Waals surface area contributed by atoms with Crippen LogP contribution in [0.4, 0.5) is 10.3 Å². The Bertz CT molecular complexity index is 1240. The van der Waals surface area contributed by atoms with Crippen LogP contribution in [0, 0.1) is 19.7 Å². The van der Waals surface area contributed by atoms with Crippen molar-refractivity contribution in [1.29, 1.82) is 0 Å². The van der Waals surface area contributed by atoms with E-state index in [9.17, 15) is 9.90 Å². The Morgan fingerprint density at radius 1 is 1.34 bits per heavy atom. The number of nitrogens with zero attached hydrogens (tertiary/aromatic N) is 3. The van der Waals surface area contributed by atoms with Crippen LogP contribution >= 0.6 is 11.6 Å². The topological polar surface area (TPSA) is 89.3 Å². The van der Waals surface area contributed by atoms with E-state index in [4.69, 9.17) is 16.3 Å². The standard InChI is InChI=1S/C23H26ClFN4O3/c1-11(2)29-13(4)12(3)22(31)20-16(25)7-14(8-18(20)29)21-15(24)9-26-23(28-21)27-17-5-6-32-10-19(17)30/h7-9,11,17,19,30H,5-6,10H2,1-4H3,(H,26,27,28)/t17-,19-/m1/s1. The summed E-state index contributed by atoms with van der Waals surface area (Å²) in [6.07, 6.45) is 1.36. The third kappa shape index (κ3) is 3.98. The fourth-order valence-corrected chi connectivity index (χ4v) is 4.42. The minimum absolute atomic E-state index is 0.0135. The highest BCUT2D eigenvalue weighted by molar-refractivity contribution is 6.33. The summed E-state index contributed by atoms with van der Waals surface area (Å²) in [5.41, 5.74) is 2.27. The Balaban J connectivity index is 1.86. The van der Waals surface area contributed by atoms with Crippen molar-refractivity contribution in [2.24, 2.45) is 0 Å². The highest BCUT2D eigenvalue weighted by atomic mass is 35.5. The third-order valence-corrected chi connectivity index (χ3v) is 6.25. The van der Waals surface area contributed by atoms with Gasteiger partial charge in [-0.3, -0.25) is 4.79 Å². The average molecular weight is 461 g/mol. The van der Waals surface area contributed by atoms with Crippen LogP contribution < -0.4 is 10.7 Å². The molecule has 1 aliphatic rings. The third-order valence-electron chi connectivity index (χ3n) is 5.98. The van der Waals surface area contributed by atoms with E-state index >= 15 is 4.39 Å². The maximum Gasteiger partial charge on any atom is 0.223 e. The molecule has 0 unspecified atom stereocenters. The lowest BCUT2D eigenvalue weighted by molar-refractivity contribution is -0.0136. The van der Waals surface area contributed by atoms with Crippen molar-refractivity contribution in [1.82, 2.24) is 14.5 Å². The molecule has 1 aliphatic heterocycles. The van der Waals surface area contributed by atoms with Crippen molar-refractivity contribution >= 4 is 28.5 Å². The molecule has 32 heavy (non-hydrogen) atoms. The number of rotatable bonds is 4. The second kappa shape index (κ2) is 8.77. The highest BCUT2D eigenvalue weighted by Crippen LogP contribution is 2.32. The van der Waals surface area contributed by atoms with Crippen molar-refractivity contribution in [3.63, 3.8) is 0 Å². The second-order valence-electron chi connectivity index (χ2n) is 8.43. The maximum atomic E-state index is 15.2. The summed E-state index contributed by atoms with van der Waals surface area (Å²) >= 11 is 6.38. The molecule has 0 spiro atoms. The number of aliphatic hydroxyl groups excluding tert-OH is 1. The van der Waals surface area contributed by atoms with Crippen molar-refractivity contribution < 1.29 is 14.2 Å². The Labute approximate surface area is 190 Å². The molecule has 1 aromatic carbocycles. The van der Waals surface area contributed by atoms with Crippen molar-refractivity contribution in [2.45, 2.75) is 52.3 Å². The lowest BCUT2D eigenvalue weighted by Gasteiger charge is -2.28. The number of aromatic nitrogens is 3. The van der Waals surface area contributed by atoms with Gasteiger partial charge < -0.3 is 19.7 Å². The van der Waals surface area contributed by atoms with E-state index in [0.717, 1.165) is 5.69 Å². The van der Waals surface area contributed by atoms with Gasteiger partial charge in [-0.05, 0) is 46.2 Å². The van der Waals surface area contributed by atoms with Crippen LogP contribution in [0.5, 0.6) is 0 Å². The molecule has 3 heterocycles. The molecule has 7 nitrogen and oxygen atoms in total. The molecule has 0 saturated carbocycles. The van der Waals surface area contributed by atoms with E-state index < -0.39 is 11.9 Å². The zero-order valence-electron chi connectivity index (χ0n) is 18.4. The van der Waals surface area contributed by atoms with E-state index in [1.54, 1.807) is 13.0 Å². The van der Waals surface area contributed by atoms with E-state index in [0.29, 0.717) is 35.4 Å². The first kappa shape index (κ1) is 22.6. The minimum Gasteiger partial charge on any atom is -0.389 e. The summed E-state index contributed by atoms with van der Waals surface area (Å²) in [5, 5.41) is 13.6. The van der Waals surface area contributed by atoms with Gasteiger partial charge in [-0.2, -0.15) is 0 Å². The Morgan fingerprint density at radius 3 is 2.78 bits per heavy atom. The first-order chi connectivity index (χ1) is 15.2. The number of anilines is 1. The molecule has 2 atom stereocenters. The van der Waals surface area contributed by atoms with Gasteiger partial charge in [-0.15, -0.1) is 0 Å². The summed E-state index contributed by atoms with van der Waals surface area (Å²) in [6.45, 7) is 8.31. The first-order valence-corrected chi connectivity index (χ1v) is 11.0. The molecule has 4 rings (SSSR count). The normalized spacial score (nSPS) is 19.0. The molecule has 1 saturated heterocycles. The van der Waals surface area contributed by atoms with E-state index in [1.807, 2.05) is 25.3 Å². The summed E-state index contributed by atoms with van der Waals surface area (Å²) in [6, 6.07) is 2.78. The number of ether oxygens (including phenoxy) is 1. The summed E-state index contributed by atoms with van der Waals surface area (Å²) in [5.74, 6) is -0.346. The zero-order valence-corrected chi connectivity index (χ0v) is 19.2. The predicted molar refractivity (Wildman–Crippen MR) is 123 cm³/mol. The van der Waals surface area contributed by atoms with Crippen LogP contribution in [0.25, 0.3) is 22.2 Å². The maximum absolute atomic E-state index is 15.2. The summed E-state index contributed by atoms with van der Waals surface area (Å²) < 4.78 is 22.4. The molecule has 9 heteroatoms. The van der Waals surface area contributed by atoms with Gasteiger partial charge in [0.25, 0.3) is 0 Å². The fourth-order valence-electron chi connectivity index (χ4n) is 4.22. The molecular formula is C23H26ClFN4O3. The Morgan fingerprint density at radius 2 is 2.09 bits per heavy atom. The number of halogens is 2. The molecule has 0 bridgehead atoms. The van der Waals surface area contributed by atoms with Gasteiger partial charge in [0.2, 0.25) is 5.95 Å². The predicted octanol–water partition coefficient (Wildman–Crippen LogP) is 4.01. The van der Waals surface area contributed by atoms with E-state index in [-0.39, 0.29) is 40.5 Å². The van der Waals surface area contributed by atoms with Crippen LogP contribution in [0.3, 0.4) is 0 Å². The number of hydrogen-bond donors (Lipinski definition) is 2. The highest BCUT2D eigenvalue weighted by Gasteiger charge is 2.25. The van der Waals surface area contributed by atoms with Crippen LogP contribution in [0.2, 0.25) is 5.02 Å². The largest absolute Gasteiger partial charge is 0.389 e. The first-order valence-electron chi connectivity index (χ1n) is 10.6. The van der Waals surface area contributed by atoms with Crippen molar-refractivity contribution in [3.05, 3.63) is 50.7 Å². The lowest BCUT2D eigenvalue weighted by Crippen LogP contribution is -2.42. The average Bonchev–Trinajstić information content (AvgIpc) is 2.74. The van der Waals surface area contributed by atoms with Gasteiger partial charge in [0.05, 0.1) is 46.6 Å². The van der Waals surface area contributed by atoms with Crippen LogP contribution in [0.1, 0.15) is 37.6 Å². The lowest BCUT2D eigenvalue weighted by atomic mass is 10.0. The van der Waals surface area contributed by atoms with Gasteiger partial charge in [-0.25, -0.2) is 14.4 Å². The van der Waals surface area contributed by atoms with E-state index in [2.05, 4.69) is 15.3 Å². The van der Waals surface area contributed by atoms with E-state index in [1.165, 1.54) is 12.3 Å². The molecule has 0 radical (unpaired) electrons. The number of hydrogen-bond acceptors (Lipinski definition) is 6. The van der Waals surface area contributed by atoms with Gasteiger partial charge in [0.15, 0.2) is 5.43 Å². The zero-order chi connectivity index (χ0) is 23.2. The monoisotopic (exact) mass is 460 g/mol. The van der Waals surface area contributed by atoms with Crippen molar-refractivity contribution in [3.8, 4) is 11.3 Å². The number of pyridine rings is 1. The number of nitrogens with one attached hydrogen (secondary N) is 1. The minimum atomic E-state index is -0.684. The smallest absolute Gasteiger partial charge is 0.223 e. The second-order valence-corrected chi connectivity index (χ2v) is 8.83. The van der Waals surface area contributed by atoms with Gasteiger partial charge in [0, 0.05) is 29.5 Å². The van der Waals surface area contributed by atoms with Crippen LogP contribution in [0.15, 0.2) is 23.1 Å². The van der Waals surface area contributed by atoms with Crippen LogP contribution in [-0.4, -0.2) is 45.0 Å². The van der Waals surface area contributed by atoms with Crippen molar-refractivity contribution in [2.75, 3.05) is 18.5 Å². The molecule has 0 aliphatic carbocycles. The quantitative estimate of drug-likeness (QED) is 0.611. The molecular weight excluding hydrogens is 435 g/mol. The molecule has 1 fully saturated rings. The molecule has 3 aromatic rings. The molecule has 170 valence electrons. The van der Waals surface area contributed by atoms with Gasteiger partial charge in [-0.1, -0.05) is 11.6 Å². The van der Waals surface area contributed by atoms with Crippen LogP contribution in [-0.2, 0) is 4.74 Å². The van der Waals surface area contributed by atoms with Gasteiger partial charge in [0.1, 0.15) is 5.82 Å². The summed E-state index contributed by atoms with van der Waals surface area (Å²) in [7, 11) is 0. The Kier molecular flexibility index (Phi) is 6.20. The number of fused-ring (bicyclic) bond motifs is 1. The van der Waals surface area contributed by atoms with Gasteiger partial charge >= 0.3 is 0 Å². The fraction of sp³-hybridized carbons (Fsp3) is 0.435. The Hall–Kier alpha value is -2.55. The number of benzene rings is 1. The molecule has 2 N–H and O–H groups in total. The molecule has 0 amide bonds. The number of aliphatic hydroxyl groups is 1. The SMILES string of the molecule is Cc1c(C)n(C(C)C)c2cc(-c3nc(N[C@@H]4CCOC[C@H]4O)ncc3Cl)cc(F)c2c1=O. The summed E-state index contributed by atoms with van der Waals surface area (Å²) in [4.78, 5) is 21.5. The molecule has 2 aromatic heterocycles.